The Morgan fingerprint density at radius 2 is 2.10 bits per heavy atom. The van der Waals surface area contributed by atoms with Crippen LogP contribution in [0.4, 0.5) is 5.82 Å². The van der Waals surface area contributed by atoms with E-state index in [2.05, 4.69) is 37.1 Å². The number of H-pyrrole nitrogens is 1. The predicted octanol–water partition coefficient (Wildman–Crippen LogP) is 2.09. The zero-order valence-electron chi connectivity index (χ0n) is 17.5. The lowest BCUT2D eigenvalue weighted by Gasteiger charge is -2.43. The van der Waals surface area contributed by atoms with Crippen LogP contribution in [0.25, 0.3) is 0 Å². The standard InChI is InChI=1S/C23H25N7O/c1-28(15-20-7-8-25-27-20)13-17-5-6-21-18-9-16(12-30(21)23(17)31)11-29(14-18)22-4-2-3-19(10-24)26-22/h2-8,16,18H,9,11-15H2,1H3,(H,25,27)/t16-,18+/m0/s1. The molecule has 8 nitrogen and oxygen atoms in total. The van der Waals surface area contributed by atoms with Crippen molar-refractivity contribution < 1.29 is 0 Å². The first-order valence-corrected chi connectivity index (χ1v) is 10.6. The third-order valence-corrected chi connectivity index (χ3v) is 6.29. The Labute approximate surface area is 180 Å². The van der Waals surface area contributed by atoms with Gasteiger partial charge in [0.15, 0.2) is 0 Å². The van der Waals surface area contributed by atoms with Crippen LogP contribution in [0, 0.1) is 17.2 Å². The third-order valence-electron chi connectivity index (χ3n) is 6.29. The van der Waals surface area contributed by atoms with Gasteiger partial charge in [-0.15, -0.1) is 0 Å². The molecule has 2 aliphatic rings. The van der Waals surface area contributed by atoms with Crippen LogP contribution in [-0.2, 0) is 19.6 Å². The summed E-state index contributed by atoms with van der Waals surface area (Å²) in [5.74, 6) is 1.54. The molecule has 0 saturated carbocycles. The fourth-order valence-electron chi connectivity index (χ4n) is 4.97. The van der Waals surface area contributed by atoms with Crippen LogP contribution in [0.1, 0.15) is 35.0 Å². The second-order valence-corrected chi connectivity index (χ2v) is 8.65. The molecule has 8 heteroatoms. The number of anilines is 1. The van der Waals surface area contributed by atoms with Crippen LogP contribution < -0.4 is 10.5 Å². The van der Waals surface area contributed by atoms with E-state index in [-0.39, 0.29) is 5.56 Å². The highest BCUT2D eigenvalue weighted by Crippen LogP contribution is 2.36. The summed E-state index contributed by atoms with van der Waals surface area (Å²) in [6.45, 7) is 3.73. The van der Waals surface area contributed by atoms with Crippen molar-refractivity contribution in [1.29, 1.82) is 5.26 Å². The zero-order valence-corrected chi connectivity index (χ0v) is 17.5. The topological polar surface area (TPSA) is 93.8 Å². The molecule has 1 N–H and O–H groups in total. The number of rotatable bonds is 5. The van der Waals surface area contributed by atoms with Crippen molar-refractivity contribution in [3.63, 3.8) is 0 Å². The lowest BCUT2D eigenvalue weighted by molar-refractivity contribution is 0.275. The highest BCUT2D eigenvalue weighted by molar-refractivity contribution is 5.43. The van der Waals surface area contributed by atoms with Crippen molar-refractivity contribution in [3.8, 4) is 6.07 Å². The van der Waals surface area contributed by atoms with Gasteiger partial charge in [0, 0.05) is 61.8 Å². The van der Waals surface area contributed by atoms with Gasteiger partial charge in [0.25, 0.3) is 5.56 Å². The summed E-state index contributed by atoms with van der Waals surface area (Å²) in [6, 6.07) is 13.8. The molecule has 158 valence electrons. The first-order chi connectivity index (χ1) is 15.1. The number of hydrogen-bond acceptors (Lipinski definition) is 6. The number of aromatic nitrogens is 4. The summed E-state index contributed by atoms with van der Waals surface area (Å²) >= 11 is 0. The molecule has 5 heterocycles. The van der Waals surface area contributed by atoms with Crippen LogP contribution in [0.3, 0.4) is 0 Å². The third kappa shape index (κ3) is 3.84. The van der Waals surface area contributed by atoms with E-state index in [4.69, 9.17) is 5.26 Å². The minimum absolute atomic E-state index is 0.127. The molecule has 3 aromatic heterocycles. The quantitative estimate of drug-likeness (QED) is 0.686. The largest absolute Gasteiger partial charge is 0.356 e. The molecule has 0 unspecified atom stereocenters. The summed E-state index contributed by atoms with van der Waals surface area (Å²) < 4.78 is 1.99. The smallest absolute Gasteiger partial charge is 0.255 e. The van der Waals surface area contributed by atoms with Crippen LogP contribution in [0.2, 0.25) is 0 Å². The number of aromatic amines is 1. The van der Waals surface area contributed by atoms with E-state index in [0.717, 1.165) is 55.4 Å². The number of nitriles is 1. The van der Waals surface area contributed by atoms with Crippen molar-refractivity contribution in [2.24, 2.45) is 5.92 Å². The number of fused-ring (bicyclic) bond motifs is 4. The molecule has 1 saturated heterocycles. The summed E-state index contributed by atoms with van der Waals surface area (Å²) in [5, 5.41) is 16.1. The van der Waals surface area contributed by atoms with E-state index in [0.29, 0.717) is 24.1 Å². The van der Waals surface area contributed by atoms with E-state index in [1.165, 1.54) is 0 Å². The minimum Gasteiger partial charge on any atom is -0.356 e. The lowest BCUT2D eigenvalue weighted by Crippen LogP contribution is -2.48. The number of piperidine rings is 1. The number of pyridine rings is 2. The number of hydrogen-bond donors (Lipinski definition) is 1. The average molecular weight is 416 g/mol. The van der Waals surface area contributed by atoms with Crippen LogP contribution in [0.15, 0.2) is 47.4 Å². The Balaban J connectivity index is 1.36. The molecule has 2 aliphatic heterocycles. The van der Waals surface area contributed by atoms with Crippen molar-refractivity contribution in [1.82, 2.24) is 24.6 Å². The summed E-state index contributed by atoms with van der Waals surface area (Å²) in [5.41, 5.74) is 3.54. The summed E-state index contributed by atoms with van der Waals surface area (Å²) in [4.78, 5) is 22.1. The highest BCUT2D eigenvalue weighted by atomic mass is 16.1. The van der Waals surface area contributed by atoms with Gasteiger partial charge in [0.2, 0.25) is 0 Å². The van der Waals surface area contributed by atoms with Crippen molar-refractivity contribution in [2.75, 3.05) is 25.0 Å². The van der Waals surface area contributed by atoms with Gasteiger partial charge in [-0.25, -0.2) is 4.98 Å². The van der Waals surface area contributed by atoms with Gasteiger partial charge in [0.05, 0.1) is 0 Å². The van der Waals surface area contributed by atoms with E-state index in [9.17, 15) is 4.79 Å². The van der Waals surface area contributed by atoms with Gasteiger partial charge in [-0.2, -0.15) is 10.4 Å². The van der Waals surface area contributed by atoms with Crippen molar-refractivity contribution in [2.45, 2.75) is 32.0 Å². The summed E-state index contributed by atoms with van der Waals surface area (Å²) in [7, 11) is 2.01. The van der Waals surface area contributed by atoms with Gasteiger partial charge in [-0.05, 0) is 43.7 Å². The maximum Gasteiger partial charge on any atom is 0.255 e. The zero-order chi connectivity index (χ0) is 21.4. The maximum absolute atomic E-state index is 13.3. The van der Waals surface area contributed by atoms with Crippen LogP contribution >= 0.6 is 0 Å². The van der Waals surface area contributed by atoms with Gasteiger partial charge < -0.3 is 9.47 Å². The SMILES string of the molecule is CN(Cc1ccn[nH]1)Cc1ccc2n(c1=O)C[C@H]1C[C@@H]2CN(c2cccc(C#N)n2)C1. The molecule has 0 aromatic carbocycles. The molecule has 3 aromatic rings. The van der Waals surface area contributed by atoms with Crippen LogP contribution in [-0.4, -0.2) is 44.8 Å². The molecule has 2 bridgehead atoms. The molecule has 0 amide bonds. The molecular formula is C23H25N7O. The van der Waals surface area contributed by atoms with Crippen molar-refractivity contribution in [3.05, 3.63) is 75.6 Å². The summed E-state index contributed by atoms with van der Waals surface area (Å²) in [6.07, 6.45) is 2.83. The molecular weight excluding hydrogens is 390 g/mol. The maximum atomic E-state index is 13.3. The van der Waals surface area contributed by atoms with Crippen molar-refractivity contribution >= 4 is 5.82 Å². The van der Waals surface area contributed by atoms with E-state index in [1.807, 2.05) is 35.9 Å². The monoisotopic (exact) mass is 415 g/mol. The van der Waals surface area contributed by atoms with E-state index < -0.39 is 0 Å². The van der Waals surface area contributed by atoms with Gasteiger partial charge in [0.1, 0.15) is 17.6 Å². The Hall–Kier alpha value is -3.44. The first kappa shape index (κ1) is 19.5. The molecule has 5 rings (SSSR count). The predicted molar refractivity (Wildman–Crippen MR) is 116 cm³/mol. The number of nitrogens with zero attached hydrogens (tertiary/aromatic N) is 6. The number of nitrogens with one attached hydrogen (secondary N) is 1. The second-order valence-electron chi connectivity index (χ2n) is 8.65. The minimum atomic E-state index is 0.127. The molecule has 0 aliphatic carbocycles. The molecule has 0 spiro atoms. The van der Waals surface area contributed by atoms with Gasteiger partial charge in [-0.1, -0.05) is 12.1 Å². The van der Waals surface area contributed by atoms with Crippen LogP contribution in [0.5, 0.6) is 0 Å². The second kappa shape index (κ2) is 8.00. The Morgan fingerprint density at radius 1 is 1.19 bits per heavy atom. The van der Waals surface area contributed by atoms with E-state index >= 15 is 0 Å². The average Bonchev–Trinajstić information content (AvgIpc) is 3.29. The lowest BCUT2D eigenvalue weighted by atomic mass is 9.83. The van der Waals surface area contributed by atoms with Gasteiger partial charge in [-0.3, -0.25) is 14.8 Å². The highest BCUT2D eigenvalue weighted by Gasteiger charge is 2.35. The first-order valence-electron chi connectivity index (χ1n) is 10.6. The normalized spacial score (nSPS) is 19.8. The Kier molecular flexibility index (Phi) is 5.04. The Morgan fingerprint density at radius 3 is 2.90 bits per heavy atom. The fraction of sp³-hybridized carbons (Fsp3) is 0.391. The molecule has 31 heavy (non-hydrogen) atoms. The Bertz CT molecular complexity index is 1180. The van der Waals surface area contributed by atoms with E-state index in [1.54, 1.807) is 12.3 Å². The van der Waals surface area contributed by atoms with Gasteiger partial charge >= 0.3 is 0 Å². The molecule has 1 fully saturated rings. The molecule has 2 atom stereocenters. The molecule has 0 radical (unpaired) electrons. The fourth-order valence-corrected chi connectivity index (χ4v) is 4.97.